The zero-order valence-corrected chi connectivity index (χ0v) is 16.1. The summed E-state index contributed by atoms with van der Waals surface area (Å²) in [6, 6.07) is 16.0. The highest BCUT2D eigenvalue weighted by Crippen LogP contribution is 2.16. The van der Waals surface area contributed by atoms with Crippen molar-refractivity contribution in [3.8, 4) is 0 Å². The van der Waals surface area contributed by atoms with Gasteiger partial charge >= 0.3 is 6.09 Å². The number of rotatable bonds is 9. The summed E-state index contributed by atoms with van der Waals surface area (Å²) in [6.07, 6.45) is 0.921. The lowest BCUT2D eigenvalue weighted by molar-refractivity contribution is 0.139. The molecule has 0 unspecified atom stereocenters. The maximum Gasteiger partial charge on any atom is 0.407 e. The zero-order valence-electron chi connectivity index (χ0n) is 15.3. The van der Waals surface area contributed by atoms with E-state index in [0.29, 0.717) is 0 Å². The van der Waals surface area contributed by atoms with Gasteiger partial charge in [-0.05, 0) is 24.6 Å². The van der Waals surface area contributed by atoms with Crippen LogP contribution < -0.4 is 5.32 Å². The van der Waals surface area contributed by atoms with Crippen molar-refractivity contribution >= 4 is 16.1 Å². The van der Waals surface area contributed by atoms with E-state index in [2.05, 4.69) is 11.9 Å². The Balaban J connectivity index is 1.89. The fraction of sp³-hybridized carbons (Fsp3) is 0.250. The molecule has 0 aliphatic rings. The highest BCUT2D eigenvalue weighted by molar-refractivity contribution is 7.89. The third-order valence-electron chi connectivity index (χ3n) is 3.83. The summed E-state index contributed by atoms with van der Waals surface area (Å²) in [6.45, 7) is 6.05. The molecule has 1 amide bonds. The zero-order chi connectivity index (χ0) is 19.7. The van der Waals surface area contributed by atoms with E-state index in [0.717, 1.165) is 11.1 Å². The molecular formula is C20H24N2O4S. The van der Waals surface area contributed by atoms with Gasteiger partial charge < -0.3 is 10.1 Å². The van der Waals surface area contributed by atoms with Crippen LogP contribution >= 0.6 is 0 Å². The van der Waals surface area contributed by atoms with E-state index < -0.39 is 16.1 Å². The predicted octanol–water partition coefficient (Wildman–Crippen LogP) is 3.10. The average molecular weight is 388 g/mol. The van der Waals surface area contributed by atoms with Gasteiger partial charge in [0.25, 0.3) is 0 Å². The minimum atomic E-state index is -3.66. The quantitative estimate of drug-likeness (QED) is 0.670. The number of benzene rings is 2. The molecule has 0 saturated heterocycles. The van der Waals surface area contributed by atoms with Crippen LogP contribution in [0, 0.1) is 6.92 Å². The maximum absolute atomic E-state index is 12.8. The lowest BCUT2D eigenvalue weighted by atomic mass is 10.2. The fourth-order valence-corrected chi connectivity index (χ4v) is 3.78. The van der Waals surface area contributed by atoms with Crippen LogP contribution in [0.15, 0.2) is 72.1 Å². The number of carbonyl (C=O) groups excluding carboxylic acids is 1. The smallest absolute Gasteiger partial charge is 0.407 e. The second-order valence-electron chi connectivity index (χ2n) is 5.95. The van der Waals surface area contributed by atoms with E-state index >= 15 is 0 Å². The van der Waals surface area contributed by atoms with Crippen LogP contribution in [0.2, 0.25) is 0 Å². The van der Waals surface area contributed by atoms with Gasteiger partial charge in [0.1, 0.15) is 6.61 Å². The normalized spacial score (nSPS) is 11.2. The molecule has 0 atom stereocenters. The molecule has 0 fully saturated rings. The van der Waals surface area contributed by atoms with Gasteiger partial charge in [-0.3, -0.25) is 0 Å². The first-order valence-electron chi connectivity index (χ1n) is 8.56. The SMILES string of the molecule is C=CCN(CCNC(=O)OCc1ccccc1)S(=O)(=O)c1ccc(C)cc1. The van der Waals surface area contributed by atoms with Gasteiger partial charge in [-0.15, -0.1) is 6.58 Å². The summed E-state index contributed by atoms with van der Waals surface area (Å²) in [5.41, 5.74) is 1.86. The van der Waals surface area contributed by atoms with E-state index in [-0.39, 0.29) is 31.1 Å². The average Bonchev–Trinajstić information content (AvgIpc) is 2.67. The first kappa shape index (κ1) is 20.7. The molecule has 1 N–H and O–H groups in total. The van der Waals surface area contributed by atoms with Gasteiger partial charge in [-0.25, -0.2) is 13.2 Å². The van der Waals surface area contributed by atoms with E-state index in [9.17, 15) is 13.2 Å². The van der Waals surface area contributed by atoms with Crippen LogP contribution in [-0.2, 0) is 21.4 Å². The molecule has 144 valence electrons. The minimum absolute atomic E-state index is 0.114. The molecule has 0 radical (unpaired) electrons. The first-order chi connectivity index (χ1) is 12.9. The standard InChI is InChI=1S/C20H24N2O4S/c1-3-14-22(27(24,25)19-11-9-17(2)10-12-19)15-13-21-20(23)26-16-18-7-5-4-6-8-18/h3-12H,1,13-16H2,2H3,(H,21,23). The number of aryl methyl sites for hydroxylation is 1. The molecule has 7 heteroatoms. The van der Waals surface area contributed by atoms with Crippen LogP contribution in [0.4, 0.5) is 4.79 Å². The van der Waals surface area contributed by atoms with Crippen molar-refractivity contribution in [1.29, 1.82) is 0 Å². The molecule has 0 heterocycles. The molecule has 0 saturated carbocycles. The van der Waals surface area contributed by atoms with E-state index in [1.807, 2.05) is 37.3 Å². The molecule has 0 aliphatic heterocycles. The Labute approximate surface area is 160 Å². The van der Waals surface area contributed by atoms with Crippen molar-refractivity contribution in [2.45, 2.75) is 18.4 Å². The van der Waals surface area contributed by atoms with Crippen molar-refractivity contribution in [2.24, 2.45) is 0 Å². The van der Waals surface area contributed by atoms with Crippen LogP contribution in [0.5, 0.6) is 0 Å². The lowest BCUT2D eigenvalue weighted by Crippen LogP contribution is -2.38. The lowest BCUT2D eigenvalue weighted by Gasteiger charge is -2.21. The Morgan fingerprint density at radius 1 is 1.15 bits per heavy atom. The Hall–Kier alpha value is -2.64. The highest BCUT2D eigenvalue weighted by Gasteiger charge is 2.23. The Morgan fingerprint density at radius 3 is 2.44 bits per heavy atom. The molecule has 0 bridgehead atoms. The number of ether oxygens (including phenoxy) is 1. The fourth-order valence-electron chi connectivity index (χ4n) is 2.37. The molecule has 2 aromatic rings. The van der Waals surface area contributed by atoms with Crippen molar-refractivity contribution in [3.05, 3.63) is 78.4 Å². The molecule has 6 nitrogen and oxygen atoms in total. The Bertz CT molecular complexity index is 849. The highest BCUT2D eigenvalue weighted by atomic mass is 32.2. The molecule has 2 rings (SSSR count). The second-order valence-corrected chi connectivity index (χ2v) is 7.89. The first-order valence-corrected chi connectivity index (χ1v) is 10.00. The molecule has 27 heavy (non-hydrogen) atoms. The largest absolute Gasteiger partial charge is 0.445 e. The van der Waals surface area contributed by atoms with Gasteiger partial charge in [-0.1, -0.05) is 54.1 Å². The summed E-state index contributed by atoms with van der Waals surface area (Å²) in [4.78, 5) is 12.0. The van der Waals surface area contributed by atoms with E-state index in [1.165, 1.54) is 10.4 Å². The second kappa shape index (κ2) is 9.89. The van der Waals surface area contributed by atoms with Crippen LogP contribution in [0.3, 0.4) is 0 Å². The predicted molar refractivity (Wildman–Crippen MR) is 105 cm³/mol. The summed E-state index contributed by atoms with van der Waals surface area (Å²) in [7, 11) is -3.66. The topological polar surface area (TPSA) is 75.7 Å². The summed E-state index contributed by atoms with van der Waals surface area (Å²) >= 11 is 0. The third-order valence-corrected chi connectivity index (χ3v) is 5.71. The number of carbonyl (C=O) groups is 1. The van der Waals surface area contributed by atoms with Gasteiger partial charge in [0.15, 0.2) is 0 Å². The monoisotopic (exact) mass is 388 g/mol. The van der Waals surface area contributed by atoms with Crippen molar-refractivity contribution < 1.29 is 17.9 Å². The summed E-state index contributed by atoms with van der Waals surface area (Å²) < 4.78 is 31.9. The van der Waals surface area contributed by atoms with E-state index in [1.54, 1.807) is 24.3 Å². The van der Waals surface area contributed by atoms with Crippen LogP contribution in [0.1, 0.15) is 11.1 Å². The summed E-state index contributed by atoms with van der Waals surface area (Å²) in [5, 5.41) is 2.57. The van der Waals surface area contributed by atoms with Crippen molar-refractivity contribution in [3.63, 3.8) is 0 Å². The number of amides is 1. The molecule has 0 aromatic heterocycles. The number of hydrogen-bond donors (Lipinski definition) is 1. The number of hydrogen-bond acceptors (Lipinski definition) is 4. The van der Waals surface area contributed by atoms with Crippen LogP contribution in [0.25, 0.3) is 0 Å². The Kier molecular flexibility index (Phi) is 7.57. The van der Waals surface area contributed by atoms with Gasteiger partial charge in [0.2, 0.25) is 10.0 Å². The van der Waals surface area contributed by atoms with Crippen molar-refractivity contribution in [2.75, 3.05) is 19.6 Å². The maximum atomic E-state index is 12.8. The van der Waals surface area contributed by atoms with Gasteiger partial charge in [0, 0.05) is 19.6 Å². The third kappa shape index (κ3) is 6.23. The number of alkyl carbamates (subject to hydrolysis) is 1. The number of nitrogens with zero attached hydrogens (tertiary/aromatic N) is 1. The number of sulfonamides is 1. The van der Waals surface area contributed by atoms with Crippen LogP contribution in [-0.4, -0.2) is 38.5 Å². The Morgan fingerprint density at radius 2 is 1.81 bits per heavy atom. The number of nitrogens with one attached hydrogen (secondary N) is 1. The van der Waals surface area contributed by atoms with Gasteiger partial charge in [-0.2, -0.15) is 4.31 Å². The molecule has 2 aromatic carbocycles. The van der Waals surface area contributed by atoms with E-state index in [4.69, 9.17) is 4.74 Å². The molecular weight excluding hydrogens is 364 g/mol. The van der Waals surface area contributed by atoms with Crippen molar-refractivity contribution in [1.82, 2.24) is 9.62 Å². The molecule has 0 aliphatic carbocycles. The molecule has 0 spiro atoms. The van der Waals surface area contributed by atoms with Gasteiger partial charge in [0.05, 0.1) is 4.90 Å². The minimum Gasteiger partial charge on any atom is -0.445 e. The summed E-state index contributed by atoms with van der Waals surface area (Å²) in [5.74, 6) is 0.